The van der Waals surface area contributed by atoms with Crippen LogP contribution in [0.2, 0.25) is 0 Å². The van der Waals surface area contributed by atoms with Gasteiger partial charge >= 0.3 is 0 Å². The van der Waals surface area contributed by atoms with E-state index in [0.29, 0.717) is 0 Å². The van der Waals surface area contributed by atoms with Crippen LogP contribution >= 0.6 is 0 Å². The van der Waals surface area contributed by atoms with Crippen molar-refractivity contribution in [3.63, 3.8) is 0 Å². The topological polar surface area (TPSA) is 82.2 Å². The predicted molar refractivity (Wildman–Crippen MR) is 83.6 cm³/mol. The minimum absolute atomic E-state index is 0.0142. The zero-order valence-electron chi connectivity index (χ0n) is 13.3. The van der Waals surface area contributed by atoms with Crippen molar-refractivity contribution in [1.82, 2.24) is 15.5 Å². The molecule has 0 saturated heterocycles. The van der Waals surface area contributed by atoms with E-state index in [9.17, 15) is 22.4 Å². The third-order valence-electron chi connectivity index (χ3n) is 2.88. The number of hydrogen-bond acceptors (Lipinski definition) is 2. The van der Waals surface area contributed by atoms with Gasteiger partial charge in [0.1, 0.15) is 5.69 Å². The maximum absolute atomic E-state index is 13.2. The van der Waals surface area contributed by atoms with Crippen molar-refractivity contribution in [1.29, 1.82) is 0 Å². The Kier molecular flexibility index (Phi) is 5.73. The first-order valence-corrected chi connectivity index (χ1v) is 7.21. The zero-order chi connectivity index (χ0) is 18.6. The van der Waals surface area contributed by atoms with E-state index in [1.54, 1.807) is 13.8 Å². The van der Waals surface area contributed by atoms with Gasteiger partial charge in [-0.25, -0.2) is 17.6 Å². The van der Waals surface area contributed by atoms with Crippen LogP contribution in [0, 0.1) is 11.6 Å². The summed E-state index contributed by atoms with van der Waals surface area (Å²) >= 11 is 0. The van der Waals surface area contributed by atoms with E-state index < -0.39 is 29.7 Å². The first-order chi connectivity index (χ1) is 11.8. The molecule has 0 radical (unpaired) electrons. The number of rotatable bonds is 4. The molecule has 0 unspecified atom stereocenters. The minimum Gasteiger partial charge on any atom is -0.354 e. The molecule has 10 heteroatoms. The average Bonchev–Trinajstić information content (AvgIpc) is 2.98. The summed E-state index contributed by atoms with van der Waals surface area (Å²) in [5, 5.41) is 11.2. The van der Waals surface area contributed by atoms with Crippen LogP contribution in [0.3, 0.4) is 0 Å². The molecule has 1 aromatic carbocycles. The average molecular weight is 357 g/mol. The number of guanidine groups is 1. The lowest BCUT2D eigenvalue weighted by molar-refractivity contribution is 0.100. The molecule has 0 saturated carbocycles. The highest BCUT2D eigenvalue weighted by atomic mass is 19.3. The lowest BCUT2D eigenvalue weighted by atomic mass is 10.2. The van der Waals surface area contributed by atoms with Gasteiger partial charge in [0.05, 0.1) is 0 Å². The molecule has 25 heavy (non-hydrogen) atoms. The lowest BCUT2D eigenvalue weighted by Crippen LogP contribution is -2.36. The predicted octanol–water partition coefficient (Wildman–Crippen LogP) is 3.23. The van der Waals surface area contributed by atoms with Crippen molar-refractivity contribution in [2.24, 2.45) is 4.99 Å². The summed E-state index contributed by atoms with van der Waals surface area (Å²) in [6.07, 6.45) is -2.73. The highest BCUT2D eigenvalue weighted by molar-refractivity contribution is 6.06. The first-order valence-electron chi connectivity index (χ1n) is 7.21. The summed E-state index contributed by atoms with van der Waals surface area (Å²) in [7, 11) is 0. The molecule has 3 N–H and O–H groups in total. The summed E-state index contributed by atoms with van der Waals surface area (Å²) in [5.74, 6) is -3.17. The van der Waals surface area contributed by atoms with Crippen LogP contribution < -0.4 is 10.6 Å². The van der Waals surface area contributed by atoms with E-state index >= 15 is 0 Å². The Morgan fingerprint density at radius 2 is 1.92 bits per heavy atom. The van der Waals surface area contributed by atoms with Crippen LogP contribution in [0.1, 0.15) is 36.3 Å². The van der Waals surface area contributed by atoms with Gasteiger partial charge in [0, 0.05) is 17.7 Å². The molecule has 1 amide bonds. The van der Waals surface area contributed by atoms with Crippen molar-refractivity contribution in [2.45, 2.75) is 26.3 Å². The molecule has 0 aliphatic rings. The van der Waals surface area contributed by atoms with Crippen molar-refractivity contribution in [3.05, 3.63) is 47.2 Å². The van der Waals surface area contributed by atoms with E-state index in [0.717, 1.165) is 24.3 Å². The molecular formula is C15H15F4N5O. The van der Waals surface area contributed by atoms with E-state index in [4.69, 9.17) is 0 Å². The fourth-order valence-corrected chi connectivity index (χ4v) is 1.80. The zero-order valence-corrected chi connectivity index (χ0v) is 13.3. The second-order valence-electron chi connectivity index (χ2n) is 5.33. The first kappa shape index (κ1) is 18.4. The van der Waals surface area contributed by atoms with Gasteiger partial charge in [0.25, 0.3) is 12.3 Å². The molecule has 2 rings (SSSR count). The van der Waals surface area contributed by atoms with Gasteiger partial charge in [-0.1, -0.05) is 0 Å². The summed E-state index contributed by atoms with van der Waals surface area (Å²) in [6, 6.07) is 3.52. The van der Waals surface area contributed by atoms with Gasteiger partial charge in [0.15, 0.2) is 17.5 Å². The monoisotopic (exact) mass is 357 g/mol. The number of amides is 1. The largest absolute Gasteiger partial charge is 0.354 e. The van der Waals surface area contributed by atoms with Gasteiger partial charge < -0.3 is 10.6 Å². The number of carbonyl (C=O) groups is 1. The highest BCUT2D eigenvalue weighted by Crippen LogP contribution is 2.18. The summed E-state index contributed by atoms with van der Waals surface area (Å²) < 4.78 is 51.3. The van der Waals surface area contributed by atoms with Gasteiger partial charge in [-0.3, -0.25) is 9.89 Å². The molecule has 0 spiro atoms. The van der Waals surface area contributed by atoms with Crippen LogP contribution in [0.5, 0.6) is 0 Å². The maximum atomic E-state index is 13.2. The molecule has 0 aliphatic heterocycles. The van der Waals surface area contributed by atoms with E-state index in [-0.39, 0.29) is 23.4 Å². The molecule has 0 bridgehead atoms. The van der Waals surface area contributed by atoms with E-state index in [1.165, 1.54) is 0 Å². The quantitative estimate of drug-likeness (QED) is 0.446. The number of hydrogen-bond donors (Lipinski definition) is 3. The fraction of sp³-hybridized carbons (Fsp3) is 0.267. The van der Waals surface area contributed by atoms with Gasteiger partial charge in [-0.05, 0) is 32.0 Å². The number of nitrogens with one attached hydrogen (secondary N) is 3. The SMILES string of the molecule is CC(C)N/C(=N/C(=O)c1ccc(F)c(F)c1)Nc1cc(C(F)F)[nH]n1. The number of alkyl halides is 2. The van der Waals surface area contributed by atoms with Crippen molar-refractivity contribution in [2.75, 3.05) is 5.32 Å². The maximum Gasteiger partial charge on any atom is 0.280 e. The molecule has 1 aromatic heterocycles. The van der Waals surface area contributed by atoms with Crippen LogP contribution in [0.25, 0.3) is 0 Å². The molecule has 0 aliphatic carbocycles. The van der Waals surface area contributed by atoms with Crippen molar-refractivity contribution < 1.29 is 22.4 Å². The molecule has 0 fully saturated rings. The second-order valence-corrected chi connectivity index (χ2v) is 5.33. The fourth-order valence-electron chi connectivity index (χ4n) is 1.80. The molecule has 2 aromatic rings. The van der Waals surface area contributed by atoms with E-state index in [1.807, 2.05) is 0 Å². The Morgan fingerprint density at radius 1 is 1.20 bits per heavy atom. The highest BCUT2D eigenvalue weighted by Gasteiger charge is 2.14. The van der Waals surface area contributed by atoms with Crippen LogP contribution in [0.4, 0.5) is 23.4 Å². The Hall–Kier alpha value is -2.91. The Bertz CT molecular complexity index is 788. The molecular weight excluding hydrogens is 342 g/mol. The lowest BCUT2D eigenvalue weighted by Gasteiger charge is -2.13. The Labute approximate surface area is 140 Å². The van der Waals surface area contributed by atoms with Gasteiger partial charge in [-0.2, -0.15) is 10.1 Å². The summed E-state index contributed by atoms with van der Waals surface area (Å²) in [6.45, 7) is 3.52. The number of anilines is 1. The van der Waals surface area contributed by atoms with Crippen LogP contribution in [0.15, 0.2) is 29.3 Å². The Balaban J connectivity index is 2.23. The van der Waals surface area contributed by atoms with E-state index in [2.05, 4.69) is 25.8 Å². The number of carbonyl (C=O) groups excluding carboxylic acids is 1. The molecule has 0 atom stereocenters. The van der Waals surface area contributed by atoms with Gasteiger partial charge in [-0.15, -0.1) is 0 Å². The molecule has 134 valence electrons. The summed E-state index contributed by atoms with van der Waals surface area (Å²) in [4.78, 5) is 15.8. The summed E-state index contributed by atoms with van der Waals surface area (Å²) in [5.41, 5.74) is -0.572. The minimum atomic E-state index is -2.73. The number of aromatic nitrogens is 2. The number of nitrogens with zero attached hydrogens (tertiary/aromatic N) is 2. The third kappa shape index (κ3) is 5.03. The van der Waals surface area contributed by atoms with Gasteiger partial charge in [0.2, 0.25) is 5.96 Å². The number of benzene rings is 1. The molecule has 1 heterocycles. The third-order valence-corrected chi connectivity index (χ3v) is 2.88. The Morgan fingerprint density at radius 3 is 2.48 bits per heavy atom. The number of aromatic amines is 1. The van der Waals surface area contributed by atoms with Crippen LogP contribution in [-0.2, 0) is 0 Å². The number of H-pyrrole nitrogens is 1. The number of halogens is 4. The van der Waals surface area contributed by atoms with Crippen molar-refractivity contribution in [3.8, 4) is 0 Å². The second kappa shape index (κ2) is 7.77. The van der Waals surface area contributed by atoms with Crippen LogP contribution in [-0.4, -0.2) is 28.1 Å². The standard InChI is InChI=1S/C15H15F4N5O/c1-7(2)20-15(21-12-6-11(13(18)19)23-24-12)22-14(25)8-3-4-9(16)10(17)5-8/h3-7,13H,1-2H3,(H3,20,21,22,23,24,25). The number of aliphatic imine (C=N–C) groups is 1. The smallest absolute Gasteiger partial charge is 0.280 e. The van der Waals surface area contributed by atoms with Crippen molar-refractivity contribution >= 4 is 17.7 Å². The normalized spacial score (nSPS) is 11.9. The molecule has 6 nitrogen and oxygen atoms in total.